The Hall–Kier alpha value is -0.500. The van der Waals surface area contributed by atoms with Crippen molar-refractivity contribution in [2.24, 2.45) is 11.3 Å². The molecule has 1 N–H and O–H groups in total. The van der Waals surface area contributed by atoms with E-state index in [-0.39, 0.29) is 0 Å². The molecular weight excluding hydrogens is 186 g/mol. The summed E-state index contributed by atoms with van der Waals surface area (Å²) in [6, 6.07) is 0. The predicted molar refractivity (Wildman–Crippen MR) is 64.7 cm³/mol. The summed E-state index contributed by atoms with van der Waals surface area (Å²) in [5.41, 5.74) is 0.389. The molecule has 2 unspecified atom stereocenters. The van der Waals surface area contributed by atoms with Gasteiger partial charge < -0.3 is 10.1 Å². The standard InChI is InChI=1S/C13H25NO/c1-11(13(2,3)4)9-14-10-12-7-5-6-8-15-12/h6,8,11-12,14H,5,7,9-10H2,1-4H3. The molecule has 0 aliphatic carbocycles. The summed E-state index contributed by atoms with van der Waals surface area (Å²) in [4.78, 5) is 0. The molecule has 88 valence electrons. The fourth-order valence-electron chi connectivity index (χ4n) is 1.50. The van der Waals surface area contributed by atoms with E-state index in [0.29, 0.717) is 17.4 Å². The maximum atomic E-state index is 5.50. The van der Waals surface area contributed by atoms with E-state index in [1.807, 2.05) is 6.26 Å². The van der Waals surface area contributed by atoms with Gasteiger partial charge in [-0.25, -0.2) is 0 Å². The number of ether oxygens (including phenoxy) is 1. The fourth-order valence-corrected chi connectivity index (χ4v) is 1.50. The van der Waals surface area contributed by atoms with E-state index in [1.54, 1.807) is 0 Å². The van der Waals surface area contributed by atoms with Gasteiger partial charge in [-0.15, -0.1) is 0 Å². The Morgan fingerprint density at radius 2 is 2.20 bits per heavy atom. The molecule has 2 nitrogen and oxygen atoms in total. The van der Waals surface area contributed by atoms with Crippen LogP contribution in [-0.2, 0) is 4.74 Å². The molecule has 1 aliphatic heterocycles. The van der Waals surface area contributed by atoms with Crippen LogP contribution in [0.15, 0.2) is 12.3 Å². The molecule has 1 aliphatic rings. The number of rotatable bonds is 4. The van der Waals surface area contributed by atoms with Crippen molar-refractivity contribution in [3.63, 3.8) is 0 Å². The molecule has 0 saturated carbocycles. The lowest BCUT2D eigenvalue weighted by molar-refractivity contribution is 0.118. The average Bonchev–Trinajstić information content (AvgIpc) is 2.18. The number of nitrogens with one attached hydrogen (secondary N) is 1. The molecular formula is C13H25NO. The highest BCUT2D eigenvalue weighted by molar-refractivity contribution is 4.83. The van der Waals surface area contributed by atoms with E-state index < -0.39 is 0 Å². The molecule has 0 aromatic rings. The Morgan fingerprint density at radius 1 is 1.47 bits per heavy atom. The molecule has 0 amide bonds. The van der Waals surface area contributed by atoms with Crippen LogP contribution in [0, 0.1) is 11.3 Å². The Balaban J connectivity index is 2.13. The second kappa shape index (κ2) is 5.55. The van der Waals surface area contributed by atoms with Gasteiger partial charge in [-0.2, -0.15) is 0 Å². The molecule has 0 spiro atoms. The summed E-state index contributed by atoms with van der Waals surface area (Å²) >= 11 is 0. The Kier molecular flexibility index (Phi) is 4.65. The minimum atomic E-state index is 0.377. The topological polar surface area (TPSA) is 21.3 Å². The quantitative estimate of drug-likeness (QED) is 0.772. The van der Waals surface area contributed by atoms with E-state index in [2.05, 4.69) is 39.1 Å². The molecule has 1 rings (SSSR count). The van der Waals surface area contributed by atoms with E-state index in [1.165, 1.54) is 0 Å². The average molecular weight is 211 g/mol. The van der Waals surface area contributed by atoms with Gasteiger partial charge in [0.25, 0.3) is 0 Å². The smallest absolute Gasteiger partial charge is 0.110 e. The molecule has 2 heteroatoms. The van der Waals surface area contributed by atoms with Crippen LogP contribution in [-0.4, -0.2) is 19.2 Å². The maximum absolute atomic E-state index is 5.50. The lowest BCUT2D eigenvalue weighted by Gasteiger charge is -2.28. The molecule has 2 atom stereocenters. The van der Waals surface area contributed by atoms with Gasteiger partial charge in [0, 0.05) is 6.54 Å². The number of hydrogen-bond donors (Lipinski definition) is 1. The molecule has 0 aromatic carbocycles. The van der Waals surface area contributed by atoms with Crippen molar-refractivity contribution in [2.45, 2.75) is 46.6 Å². The Bertz CT molecular complexity index is 205. The summed E-state index contributed by atoms with van der Waals surface area (Å²) < 4.78 is 5.50. The highest BCUT2D eigenvalue weighted by atomic mass is 16.5. The van der Waals surface area contributed by atoms with Crippen molar-refractivity contribution < 1.29 is 4.74 Å². The third kappa shape index (κ3) is 4.70. The van der Waals surface area contributed by atoms with Crippen LogP contribution in [0.4, 0.5) is 0 Å². The second-order valence-corrected chi connectivity index (χ2v) is 5.63. The second-order valence-electron chi connectivity index (χ2n) is 5.63. The Morgan fingerprint density at radius 3 is 2.73 bits per heavy atom. The number of allylic oxidation sites excluding steroid dienone is 1. The zero-order valence-corrected chi connectivity index (χ0v) is 10.5. The van der Waals surface area contributed by atoms with Crippen molar-refractivity contribution in [1.82, 2.24) is 5.32 Å². The van der Waals surface area contributed by atoms with Crippen LogP contribution < -0.4 is 5.32 Å². The van der Waals surface area contributed by atoms with E-state index in [0.717, 1.165) is 25.9 Å². The zero-order chi connectivity index (χ0) is 11.3. The first-order valence-electron chi connectivity index (χ1n) is 6.01. The van der Waals surface area contributed by atoms with Crippen molar-refractivity contribution >= 4 is 0 Å². The van der Waals surface area contributed by atoms with Crippen LogP contribution in [0.25, 0.3) is 0 Å². The van der Waals surface area contributed by atoms with Crippen molar-refractivity contribution in [3.8, 4) is 0 Å². The molecule has 0 saturated heterocycles. The SMILES string of the molecule is CC(CNCC1CCC=CO1)C(C)(C)C. The van der Waals surface area contributed by atoms with Gasteiger partial charge in [0.15, 0.2) is 0 Å². The van der Waals surface area contributed by atoms with E-state index in [4.69, 9.17) is 4.74 Å². The molecule has 15 heavy (non-hydrogen) atoms. The van der Waals surface area contributed by atoms with Crippen molar-refractivity contribution in [2.75, 3.05) is 13.1 Å². The largest absolute Gasteiger partial charge is 0.497 e. The minimum absolute atomic E-state index is 0.377. The van der Waals surface area contributed by atoms with Gasteiger partial charge in [-0.3, -0.25) is 0 Å². The first-order valence-corrected chi connectivity index (χ1v) is 6.01. The van der Waals surface area contributed by atoms with Gasteiger partial charge in [0.05, 0.1) is 6.26 Å². The first-order chi connectivity index (χ1) is 7.00. The number of hydrogen-bond acceptors (Lipinski definition) is 2. The summed E-state index contributed by atoms with van der Waals surface area (Å²) in [7, 11) is 0. The van der Waals surface area contributed by atoms with E-state index >= 15 is 0 Å². The minimum Gasteiger partial charge on any atom is -0.497 e. The predicted octanol–water partition coefficient (Wildman–Crippen LogP) is 2.95. The third-order valence-corrected chi connectivity index (χ3v) is 3.32. The van der Waals surface area contributed by atoms with Crippen LogP contribution in [0.1, 0.15) is 40.5 Å². The van der Waals surface area contributed by atoms with Crippen LogP contribution in [0.3, 0.4) is 0 Å². The highest BCUT2D eigenvalue weighted by Crippen LogP contribution is 2.24. The molecule has 0 fully saturated rings. The van der Waals surface area contributed by atoms with E-state index in [9.17, 15) is 0 Å². The Labute approximate surface area is 94.1 Å². The highest BCUT2D eigenvalue weighted by Gasteiger charge is 2.20. The van der Waals surface area contributed by atoms with Gasteiger partial charge in [0.1, 0.15) is 6.10 Å². The molecule has 0 radical (unpaired) electrons. The van der Waals surface area contributed by atoms with Gasteiger partial charge in [0.2, 0.25) is 0 Å². The lowest BCUT2D eigenvalue weighted by Crippen LogP contribution is -2.35. The van der Waals surface area contributed by atoms with Gasteiger partial charge in [-0.1, -0.05) is 27.7 Å². The summed E-state index contributed by atoms with van der Waals surface area (Å²) in [5.74, 6) is 0.691. The molecule has 0 bridgehead atoms. The first kappa shape index (κ1) is 12.6. The molecule has 1 heterocycles. The summed E-state index contributed by atoms with van der Waals surface area (Å²) in [6.45, 7) is 11.2. The fraction of sp³-hybridized carbons (Fsp3) is 0.846. The third-order valence-electron chi connectivity index (χ3n) is 3.32. The van der Waals surface area contributed by atoms with Crippen LogP contribution in [0.2, 0.25) is 0 Å². The van der Waals surface area contributed by atoms with Crippen LogP contribution in [0.5, 0.6) is 0 Å². The van der Waals surface area contributed by atoms with Crippen molar-refractivity contribution in [3.05, 3.63) is 12.3 Å². The summed E-state index contributed by atoms with van der Waals surface area (Å²) in [6.07, 6.45) is 6.61. The maximum Gasteiger partial charge on any atom is 0.110 e. The molecule has 0 aromatic heterocycles. The van der Waals surface area contributed by atoms with Crippen LogP contribution >= 0.6 is 0 Å². The lowest BCUT2D eigenvalue weighted by atomic mass is 9.82. The van der Waals surface area contributed by atoms with Gasteiger partial charge >= 0.3 is 0 Å². The normalized spacial score (nSPS) is 23.6. The van der Waals surface area contributed by atoms with Crippen molar-refractivity contribution in [1.29, 1.82) is 0 Å². The van der Waals surface area contributed by atoms with Gasteiger partial charge in [-0.05, 0) is 36.8 Å². The zero-order valence-electron chi connectivity index (χ0n) is 10.5. The summed E-state index contributed by atoms with van der Waals surface area (Å²) in [5, 5.41) is 3.50. The monoisotopic (exact) mass is 211 g/mol.